The minimum absolute atomic E-state index is 0.0220. The van der Waals surface area contributed by atoms with Crippen molar-refractivity contribution in [2.75, 3.05) is 48.3 Å². The monoisotopic (exact) mass is 836 g/mol. The van der Waals surface area contributed by atoms with E-state index in [0.717, 1.165) is 21.8 Å². The molecule has 314 valence electrons. The Morgan fingerprint density at radius 2 is 1.63 bits per heavy atom. The van der Waals surface area contributed by atoms with Gasteiger partial charge in [-0.05, 0) is 88.2 Å². The Hall–Kier alpha value is -6.24. The number of piperidine rings is 1. The first-order valence-electron chi connectivity index (χ1n) is 19.7. The van der Waals surface area contributed by atoms with E-state index in [1.807, 2.05) is 31.2 Å². The van der Waals surface area contributed by atoms with Gasteiger partial charge in [0.25, 0.3) is 11.8 Å². The predicted molar refractivity (Wildman–Crippen MR) is 224 cm³/mol. The SMILES string of the molecule is Cc1cnc(Nc2ccc(N3CCN(C(=O)CCNC4C(=O)N(C5CCC(=O)NC5=O)C(=O)c5ccccc54)CC3)cc2)nc1Nc1cccc(S(=O)(=O)NC(C)(C)C)c1. The van der Waals surface area contributed by atoms with E-state index >= 15 is 0 Å². The summed E-state index contributed by atoms with van der Waals surface area (Å²) in [5, 5.41) is 11.8. The molecule has 0 saturated carbocycles. The number of anilines is 5. The van der Waals surface area contributed by atoms with Gasteiger partial charge in [-0.25, -0.2) is 18.1 Å². The summed E-state index contributed by atoms with van der Waals surface area (Å²) >= 11 is 0. The van der Waals surface area contributed by atoms with Crippen LogP contribution in [-0.2, 0) is 29.2 Å². The molecule has 2 unspecified atom stereocenters. The average molecular weight is 837 g/mol. The Bertz CT molecular complexity index is 2430. The van der Waals surface area contributed by atoms with Gasteiger partial charge in [0.15, 0.2) is 0 Å². The van der Waals surface area contributed by atoms with Crippen LogP contribution in [0.2, 0.25) is 0 Å². The van der Waals surface area contributed by atoms with Crippen LogP contribution in [0, 0.1) is 6.92 Å². The van der Waals surface area contributed by atoms with Crippen molar-refractivity contribution < 1.29 is 32.4 Å². The normalized spacial score (nSPS) is 18.6. The van der Waals surface area contributed by atoms with Gasteiger partial charge in [-0.15, -0.1) is 0 Å². The number of aryl methyl sites for hydroxylation is 1. The van der Waals surface area contributed by atoms with Crippen LogP contribution in [0.5, 0.6) is 0 Å². The maximum Gasteiger partial charge on any atom is 0.261 e. The fraction of sp³-hybridized carbons (Fsp3) is 0.357. The first kappa shape index (κ1) is 41.9. The average Bonchev–Trinajstić information content (AvgIpc) is 3.21. The van der Waals surface area contributed by atoms with Gasteiger partial charge >= 0.3 is 0 Å². The molecule has 2 atom stereocenters. The summed E-state index contributed by atoms with van der Waals surface area (Å²) in [6.07, 6.45) is 1.88. The summed E-state index contributed by atoms with van der Waals surface area (Å²) in [4.78, 5) is 78.8. The van der Waals surface area contributed by atoms with Crippen LogP contribution in [0.4, 0.5) is 28.8 Å². The van der Waals surface area contributed by atoms with Crippen molar-refractivity contribution in [2.24, 2.45) is 0 Å². The molecule has 18 heteroatoms. The lowest BCUT2D eigenvalue weighted by atomic mass is 9.91. The van der Waals surface area contributed by atoms with Crippen molar-refractivity contribution in [3.63, 3.8) is 0 Å². The third kappa shape index (κ3) is 9.46. The van der Waals surface area contributed by atoms with E-state index in [2.05, 4.69) is 40.9 Å². The molecule has 7 rings (SSSR count). The molecule has 5 N–H and O–H groups in total. The van der Waals surface area contributed by atoms with E-state index in [1.165, 1.54) is 0 Å². The van der Waals surface area contributed by atoms with Crippen molar-refractivity contribution >= 4 is 68.4 Å². The van der Waals surface area contributed by atoms with Crippen LogP contribution in [0.25, 0.3) is 0 Å². The summed E-state index contributed by atoms with van der Waals surface area (Å²) in [6, 6.07) is 19.0. The quantitative estimate of drug-likeness (QED) is 0.129. The standard InChI is InChI=1S/C42H48N10O7S/c1-26-25-44-41(48-37(26)45-28-8-7-9-30(24-28)60(58,59)49-42(2,3)4)46-27-12-14-29(15-13-27)50-20-22-51(23-21-50)35(54)18-19-43-36-31-10-5-6-11-32(31)39(56)52(40(36)57)33-16-17-34(53)47-38(33)55/h5-15,24-25,33,36,43,49H,16-23H2,1-4H3,(H,47,53,55)(H2,44,45,46,48). The first-order valence-corrected chi connectivity index (χ1v) is 21.2. The largest absolute Gasteiger partial charge is 0.368 e. The molecule has 2 fully saturated rings. The number of carbonyl (C=O) groups is 5. The Labute approximate surface area is 348 Å². The van der Waals surface area contributed by atoms with Crippen LogP contribution < -0.4 is 30.9 Å². The lowest BCUT2D eigenvalue weighted by molar-refractivity contribution is -0.144. The number of nitrogens with zero attached hydrogens (tertiary/aromatic N) is 5. The zero-order chi connectivity index (χ0) is 42.8. The Kier molecular flexibility index (Phi) is 12.0. The molecule has 2 saturated heterocycles. The maximum atomic E-state index is 13.7. The highest BCUT2D eigenvalue weighted by atomic mass is 32.2. The van der Waals surface area contributed by atoms with Gasteiger partial charge in [0.05, 0.1) is 4.90 Å². The van der Waals surface area contributed by atoms with Crippen molar-refractivity contribution in [3.8, 4) is 0 Å². The second kappa shape index (κ2) is 17.2. The second-order valence-corrected chi connectivity index (χ2v) is 17.7. The molecule has 4 aromatic rings. The molecule has 0 spiro atoms. The summed E-state index contributed by atoms with van der Waals surface area (Å²) in [5.41, 5.74) is 3.22. The third-order valence-electron chi connectivity index (χ3n) is 10.4. The number of aromatic nitrogens is 2. The number of carbonyl (C=O) groups excluding carboxylic acids is 5. The van der Waals surface area contributed by atoms with Crippen molar-refractivity contribution in [3.05, 3.63) is 95.7 Å². The molecule has 0 radical (unpaired) electrons. The number of amides is 5. The van der Waals surface area contributed by atoms with Crippen LogP contribution >= 0.6 is 0 Å². The number of sulfonamides is 1. The van der Waals surface area contributed by atoms with Crippen LogP contribution in [0.15, 0.2) is 83.9 Å². The molecule has 3 aromatic carbocycles. The molecule has 60 heavy (non-hydrogen) atoms. The number of piperazine rings is 1. The van der Waals surface area contributed by atoms with E-state index in [4.69, 9.17) is 0 Å². The summed E-state index contributed by atoms with van der Waals surface area (Å²) < 4.78 is 28.5. The lowest BCUT2D eigenvalue weighted by Crippen LogP contribution is -2.60. The number of hydrogen-bond acceptors (Lipinski definition) is 13. The zero-order valence-electron chi connectivity index (χ0n) is 33.8. The summed E-state index contributed by atoms with van der Waals surface area (Å²) in [6.45, 7) is 9.64. The van der Waals surface area contributed by atoms with E-state index in [-0.39, 0.29) is 36.6 Å². The number of hydrogen-bond donors (Lipinski definition) is 5. The summed E-state index contributed by atoms with van der Waals surface area (Å²) in [5.74, 6) is -1.50. The van der Waals surface area contributed by atoms with Crippen molar-refractivity contribution in [1.82, 2.24) is 35.1 Å². The fourth-order valence-electron chi connectivity index (χ4n) is 7.42. The number of nitrogens with one attached hydrogen (secondary N) is 5. The highest BCUT2D eigenvalue weighted by Crippen LogP contribution is 2.31. The second-order valence-electron chi connectivity index (χ2n) is 16.0. The first-order chi connectivity index (χ1) is 28.6. The van der Waals surface area contributed by atoms with E-state index in [9.17, 15) is 32.4 Å². The van der Waals surface area contributed by atoms with Crippen molar-refractivity contribution in [1.29, 1.82) is 0 Å². The van der Waals surface area contributed by atoms with Gasteiger partial charge in [0.2, 0.25) is 33.7 Å². The zero-order valence-corrected chi connectivity index (χ0v) is 34.6. The molecule has 17 nitrogen and oxygen atoms in total. The highest BCUT2D eigenvalue weighted by Gasteiger charge is 2.45. The number of imide groups is 2. The van der Waals surface area contributed by atoms with Gasteiger partial charge in [-0.1, -0.05) is 24.3 Å². The molecule has 3 aliphatic heterocycles. The molecule has 0 bridgehead atoms. The predicted octanol–water partition coefficient (Wildman–Crippen LogP) is 3.51. The molecule has 5 amide bonds. The van der Waals surface area contributed by atoms with E-state index in [1.54, 1.807) is 80.4 Å². The topological polar surface area (TPSA) is 215 Å². The lowest BCUT2D eigenvalue weighted by Gasteiger charge is -2.38. The number of benzene rings is 3. The van der Waals surface area contributed by atoms with E-state index < -0.39 is 51.3 Å². The molecular formula is C42H48N10O7S. The highest BCUT2D eigenvalue weighted by molar-refractivity contribution is 7.89. The van der Waals surface area contributed by atoms with Gasteiger partial charge in [0, 0.05) is 85.5 Å². The Morgan fingerprint density at radius 1 is 0.900 bits per heavy atom. The number of rotatable bonds is 12. The van der Waals surface area contributed by atoms with Crippen LogP contribution in [-0.4, -0.2) is 102 Å². The van der Waals surface area contributed by atoms with Crippen molar-refractivity contribution in [2.45, 2.75) is 69.5 Å². The third-order valence-corrected chi connectivity index (χ3v) is 12.1. The molecule has 4 heterocycles. The fourth-order valence-corrected chi connectivity index (χ4v) is 8.88. The van der Waals surface area contributed by atoms with Gasteiger partial charge in [-0.2, -0.15) is 4.98 Å². The van der Waals surface area contributed by atoms with Crippen LogP contribution in [0.3, 0.4) is 0 Å². The van der Waals surface area contributed by atoms with Gasteiger partial charge in [0.1, 0.15) is 17.9 Å². The minimum atomic E-state index is -3.73. The molecule has 0 aliphatic carbocycles. The smallest absolute Gasteiger partial charge is 0.261 e. The maximum absolute atomic E-state index is 13.7. The van der Waals surface area contributed by atoms with Crippen LogP contribution in [0.1, 0.15) is 67.6 Å². The molecule has 3 aliphatic rings. The minimum Gasteiger partial charge on any atom is -0.368 e. The number of fused-ring (bicyclic) bond motifs is 1. The Balaban J connectivity index is 0.907. The summed E-state index contributed by atoms with van der Waals surface area (Å²) in [7, 11) is -3.73. The van der Waals surface area contributed by atoms with Gasteiger partial charge < -0.3 is 25.8 Å². The Morgan fingerprint density at radius 3 is 2.35 bits per heavy atom. The molecule has 1 aromatic heterocycles. The molecular weight excluding hydrogens is 789 g/mol. The van der Waals surface area contributed by atoms with E-state index in [0.29, 0.717) is 54.8 Å². The van der Waals surface area contributed by atoms with Gasteiger partial charge in [-0.3, -0.25) is 34.2 Å².